The maximum atomic E-state index is 13.6. The Bertz CT molecular complexity index is 579. The van der Waals surface area contributed by atoms with Crippen LogP contribution in [0.2, 0.25) is 0 Å². The molecular formula is C13H13F2N3O. The second kappa shape index (κ2) is 5.05. The molecule has 0 bridgehead atoms. The first kappa shape index (κ1) is 12.2. The lowest BCUT2D eigenvalue weighted by molar-refractivity contribution is 0.392. The quantitative estimate of drug-likeness (QED) is 0.906. The zero-order valence-electron chi connectivity index (χ0n) is 10.2. The Kier molecular flexibility index (Phi) is 3.25. The SMILES string of the molecule is Fc1ccc(F)c(-c2nc(C3CCCNC3)no2)c1. The van der Waals surface area contributed by atoms with Gasteiger partial charge >= 0.3 is 0 Å². The van der Waals surface area contributed by atoms with E-state index in [-0.39, 0.29) is 17.4 Å². The fourth-order valence-corrected chi connectivity index (χ4v) is 2.24. The fourth-order valence-electron chi connectivity index (χ4n) is 2.24. The number of rotatable bonds is 2. The van der Waals surface area contributed by atoms with Gasteiger partial charge in [0.15, 0.2) is 5.82 Å². The molecule has 100 valence electrons. The van der Waals surface area contributed by atoms with Gasteiger partial charge < -0.3 is 9.84 Å². The Morgan fingerprint density at radius 1 is 1.32 bits per heavy atom. The molecule has 3 rings (SSSR count). The zero-order chi connectivity index (χ0) is 13.2. The van der Waals surface area contributed by atoms with Crippen molar-refractivity contribution in [3.05, 3.63) is 35.7 Å². The van der Waals surface area contributed by atoms with Crippen molar-refractivity contribution in [1.82, 2.24) is 15.5 Å². The summed E-state index contributed by atoms with van der Waals surface area (Å²) in [4.78, 5) is 4.18. The first-order valence-electron chi connectivity index (χ1n) is 6.24. The van der Waals surface area contributed by atoms with E-state index in [4.69, 9.17) is 4.52 Å². The molecule has 0 radical (unpaired) electrons. The molecule has 4 nitrogen and oxygen atoms in total. The fraction of sp³-hybridized carbons (Fsp3) is 0.385. The number of halogens is 2. The van der Waals surface area contributed by atoms with Crippen molar-refractivity contribution in [3.63, 3.8) is 0 Å². The van der Waals surface area contributed by atoms with Crippen molar-refractivity contribution in [2.75, 3.05) is 13.1 Å². The molecule has 1 saturated heterocycles. The molecule has 1 aromatic heterocycles. The summed E-state index contributed by atoms with van der Waals surface area (Å²) in [5.74, 6) is -0.361. The molecule has 1 aromatic carbocycles. The van der Waals surface area contributed by atoms with Gasteiger partial charge in [-0.15, -0.1) is 0 Å². The molecular weight excluding hydrogens is 252 g/mol. The minimum atomic E-state index is -0.571. The van der Waals surface area contributed by atoms with Crippen molar-refractivity contribution in [3.8, 4) is 11.5 Å². The molecule has 1 fully saturated rings. The molecule has 19 heavy (non-hydrogen) atoms. The Hall–Kier alpha value is -1.82. The molecule has 1 aliphatic rings. The van der Waals surface area contributed by atoms with Crippen LogP contribution in [0.4, 0.5) is 8.78 Å². The third-order valence-corrected chi connectivity index (χ3v) is 3.26. The number of hydrogen-bond acceptors (Lipinski definition) is 4. The van der Waals surface area contributed by atoms with E-state index in [0.717, 1.165) is 44.1 Å². The molecule has 0 amide bonds. The predicted octanol–water partition coefficient (Wildman–Crippen LogP) is 2.48. The Morgan fingerprint density at radius 3 is 3.00 bits per heavy atom. The first-order valence-corrected chi connectivity index (χ1v) is 6.24. The van der Waals surface area contributed by atoms with Gasteiger partial charge in [0.05, 0.1) is 5.56 Å². The van der Waals surface area contributed by atoms with Crippen LogP contribution in [0.3, 0.4) is 0 Å². The summed E-state index contributed by atoms with van der Waals surface area (Å²) in [5, 5.41) is 7.12. The van der Waals surface area contributed by atoms with E-state index in [1.807, 2.05) is 0 Å². The highest BCUT2D eigenvalue weighted by Gasteiger charge is 2.22. The lowest BCUT2D eigenvalue weighted by Crippen LogP contribution is -2.28. The van der Waals surface area contributed by atoms with Crippen LogP contribution in [0.15, 0.2) is 22.7 Å². The molecule has 2 aromatic rings. The van der Waals surface area contributed by atoms with Gasteiger partial charge in [0.2, 0.25) is 0 Å². The van der Waals surface area contributed by atoms with E-state index < -0.39 is 11.6 Å². The van der Waals surface area contributed by atoms with Crippen molar-refractivity contribution in [2.24, 2.45) is 0 Å². The predicted molar refractivity (Wildman–Crippen MR) is 64.5 cm³/mol. The number of benzene rings is 1. The lowest BCUT2D eigenvalue weighted by atomic mass is 9.99. The van der Waals surface area contributed by atoms with Crippen LogP contribution < -0.4 is 5.32 Å². The summed E-state index contributed by atoms with van der Waals surface area (Å²) in [7, 11) is 0. The molecule has 2 heterocycles. The highest BCUT2D eigenvalue weighted by Crippen LogP contribution is 2.26. The van der Waals surface area contributed by atoms with E-state index in [1.165, 1.54) is 0 Å². The average molecular weight is 265 g/mol. The standard InChI is InChI=1S/C13H13F2N3O/c14-9-3-4-11(15)10(6-9)13-17-12(18-19-13)8-2-1-5-16-7-8/h3-4,6,8,16H,1-2,5,7H2. The monoisotopic (exact) mass is 265 g/mol. The molecule has 1 unspecified atom stereocenters. The largest absolute Gasteiger partial charge is 0.334 e. The van der Waals surface area contributed by atoms with E-state index in [0.29, 0.717) is 5.82 Å². The van der Waals surface area contributed by atoms with Gasteiger partial charge in [0.25, 0.3) is 5.89 Å². The first-order chi connectivity index (χ1) is 9.24. The molecule has 0 saturated carbocycles. The third kappa shape index (κ3) is 2.49. The van der Waals surface area contributed by atoms with Crippen LogP contribution in [0.5, 0.6) is 0 Å². The summed E-state index contributed by atoms with van der Waals surface area (Å²) in [6.45, 7) is 1.77. The second-order valence-corrected chi connectivity index (χ2v) is 4.63. The van der Waals surface area contributed by atoms with Crippen LogP contribution in [-0.4, -0.2) is 23.2 Å². The number of hydrogen-bond donors (Lipinski definition) is 1. The summed E-state index contributed by atoms with van der Waals surface area (Å²) < 4.78 is 31.8. The highest BCUT2D eigenvalue weighted by atomic mass is 19.1. The maximum absolute atomic E-state index is 13.6. The van der Waals surface area contributed by atoms with Gasteiger partial charge in [0, 0.05) is 12.5 Å². The minimum absolute atomic E-state index is 0.00233. The van der Waals surface area contributed by atoms with Gasteiger partial charge in [-0.3, -0.25) is 0 Å². The van der Waals surface area contributed by atoms with Gasteiger partial charge in [-0.2, -0.15) is 4.98 Å². The smallest absolute Gasteiger partial charge is 0.261 e. The molecule has 0 aliphatic carbocycles. The van der Waals surface area contributed by atoms with Crippen LogP contribution in [-0.2, 0) is 0 Å². The average Bonchev–Trinajstić information content (AvgIpc) is 2.92. The molecule has 6 heteroatoms. The van der Waals surface area contributed by atoms with Gasteiger partial charge in [-0.05, 0) is 37.6 Å². The Balaban J connectivity index is 1.89. The zero-order valence-corrected chi connectivity index (χ0v) is 10.2. The lowest BCUT2D eigenvalue weighted by Gasteiger charge is -2.19. The Labute approximate surface area is 108 Å². The van der Waals surface area contributed by atoms with Gasteiger partial charge in [0.1, 0.15) is 11.6 Å². The summed E-state index contributed by atoms with van der Waals surface area (Å²) >= 11 is 0. The normalized spacial score (nSPS) is 19.6. The Morgan fingerprint density at radius 2 is 2.21 bits per heavy atom. The van der Waals surface area contributed by atoms with Crippen molar-refractivity contribution >= 4 is 0 Å². The van der Waals surface area contributed by atoms with E-state index in [1.54, 1.807) is 0 Å². The third-order valence-electron chi connectivity index (χ3n) is 3.26. The van der Waals surface area contributed by atoms with Crippen molar-refractivity contribution in [2.45, 2.75) is 18.8 Å². The number of piperidine rings is 1. The number of nitrogens with zero attached hydrogens (tertiary/aromatic N) is 2. The highest BCUT2D eigenvalue weighted by molar-refractivity contribution is 5.53. The van der Waals surface area contributed by atoms with Crippen LogP contribution in [0, 0.1) is 11.6 Å². The molecule has 1 atom stereocenters. The molecule has 1 N–H and O–H groups in total. The summed E-state index contributed by atoms with van der Waals surface area (Å²) in [6.07, 6.45) is 2.01. The summed E-state index contributed by atoms with van der Waals surface area (Å²) in [6, 6.07) is 3.17. The van der Waals surface area contributed by atoms with E-state index in [2.05, 4.69) is 15.5 Å². The van der Waals surface area contributed by atoms with Gasteiger partial charge in [-0.1, -0.05) is 5.16 Å². The second-order valence-electron chi connectivity index (χ2n) is 4.63. The number of nitrogens with one attached hydrogen (secondary N) is 1. The van der Waals surface area contributed by atoms with Crippen molar-refractivity contribution in [1.29, 1.82) is 0 Å². The maximum Gasteiger partial charge on any atom is 0.261 e. The summed E-state index contributed by atoms with van der Waals surface area (Å²) in [5.41, 5.74) is 0.00233. The van der Waals surface area contributed by atoms with Crippen LogP contribution in [0.1, 0.15) is 24.6 Å². The van der Waals surface area contributed by atoms with Gasteiger partial charge in [-0.25, -0.2) is 8.78 Å². The number of aromatic nitrogens is 2. The molecule has 1 aliphatic heterocycles. The minimum Gasteiger partial charge on any atom is -0.334 e. The molecule has 0 spiro atoms. The van der Waals surface area contributed by atoms with Crippen LogP contribution in [0.25, 0.3) is 11.5 Å². The van der Waals surface area contributed by atoms with Crippen molar-refractivity contribution < 1.29 is 13.3 Å². The van der Waals surface area contributed by atoms with Crippen LogP contribution >= 0.6 is 0 Å². The topological polar surface area (TPSA) is 51.0 Å². The van der Waals surface area contributed by atoms with E-state index >= 15 is 0 Å². The van der Waals surface area contributed by atoms with E-state index in [9.17, 15) is 8.78 Å².